The lowest BCUT2D eigenvalue weighted by molar-refractivity contribution is -0.115. The Morgan fingerprint density at radius 1 is 1.18 bits per heavy atom. The van der Waals surface area contributed by atoms with Crippen LogP contribution in [0.4, 0.5) is 5.69 Å². The number of aromatic amines is 1. The molecule has 0 aliphatic heterocycles. The van der Waals surface area contributed by atoms with Gasteiger partial charge >= 0.3 is 0 Å². The normalized spacial score (nSPS) is 12.5. The van der Waals surface area contributed by atoms with Crippen LogP contribution in [-0.4, -0.2) is 15.7 Å². The van der Waals surface area contributed by atoms with Gasteiger partial charge in [0, 0.05) is 22.0 Å². The predicted molar refractivity (Wildman–Crippen MR) is 93.8 cm³/mol. The molecule has 1 heterocycles. The number of hydrogen-bond donors (Lipinski definition) is 2. The van der Waals surface area contributed by atoms with Crippen molar-refractivity contribution in [3.05, 3.63) is 52.3 Å². The van der Waals surface area contributed by atoms with Crippen molar-refractivity contribution < 1.29 is 4.79 Å². The van der Waals surface area contributed by atoms with E-state index in [-0.39, 0.29) is 16.3 Å². The smallest absolute Gasteiger partial charge is 0.256 e. The molecule has 3 aromatic rings. The van der Waals surface area contributed by atoms with E-state index in [1.807, 2.05) is 37.3 Å². The van der Waals surface area contributed by atoms with Crippen molar-refractivity contribution in [1.29, 1.82) is 0 Å². The van der Waals surface area contributed by atoms with E-state index in [9.17, 15) is 9.59 Å². The second-order valence-electron chi connectivity index (χ2n) is 5.32. The minimum absolute atomic E-state index is 0.101. The number of H-pyrrole nitrogens is 1. The Bertz CT molecular complexity index is 944. The number of aromatic nitrogens is 1. The fourth-order valence-corrected chi connectivity index (χ4v) is 2.62. The number of rotatable bonds is 2. The second kappa shape index (κ2) is 5.57. The van der Waals surface area contributed by atoms with E-state index < -0.39 is 0 Å². The summed E-state index contributed by atoms with van der Waals surface area (Å²) in [5.41, 5.74) is 2.32. The SMILES string of the molecule is Cc1cc2[nH]c(=O)c3ccccc3c2cc1NC(=O)C(C)Br. The van der Waals surface area contributed by atoms with Gasteiger partial charge in [0.2, 0.25) is 5.91 Å². The fraction of sp³-hybridized carbons (Fsp3) is 0.176. The highest BCUT2D eigenvalue weighted by molar-refractivity contribution is 9.10. The molecule has 1 unspecified atom stereocenters. The van der Waals surface area contributed by atoms with Gasteiger partial charge in [0.05, 0.1) is 4.83 Å². The van der Waals surface area contributed by atoms with Crippen LogP contribution in [0, 0.1) is 6.92 Å². The Balaban J connectivity index is 2.27. The van der Waals surface area contributed by atoms with E-state index in [4.69, 9.17) is 0 Å². The summed E-state index contributed by atoms with van der Waals surface area (Å²) in [6.45, 7) is 3.68. The third-order valence-corrected chi connectivity index (χ3v) is 4.11. The molecule has 1 aromatic heterocycles. The molecular weight excluding hydrogens is 344 g/mol. The number of fused-ring (bicyclic) bond motifs is 3. The molecule has 0 radical (unpaired) electrons. The van der Waals surface area contributed by atoms with Crippen LogP contribution in [0.3, 0.4) is 0 Å². The number of benzene rings is 2. The summed E-state index contributed by atoms with van der Waals surface area (Å²) in [6.07, 6.45) is 0. The molecule has 2 aromatic carbocycles. The summed E-state index contributed by atoms with van der Waals surface area (Å²) < 4.78 is 0. The average molecular weight is 359 g/mol. The predicted octanol–water partition coefficient (Wildman–Crippen LogP) is 3.71. The maximum Gasteiger partial charge on any atom is 0.256 e. The summed E-state index contributed by atoms with van der Waals surface area (Å²) >= 11 is 3.26. The van der Waals surface area contributed by atoms with E-state index in [1.54, 1.807) is 13.0 Å². The standard InChI is InChI=1S/C17H15BrN2O2/c1-9-7-15-13(8-14(9)19-16(21)10(2)18)11-5-3-4-6-12(11)17(22)20-15/h3-8,10H,1-2H3,(H,19,21)(H,20,22). The zero-order valence-electron chi connectivity index (χ0n) is 12.2. The van der Waals surface area contributed by atoms with Crippen LogP contribution in [0.15, 0.2) is 41.2 Å². The number of anilines is 1. The van der Waals surface area contributed by atoms with Crippen molar-refractivity contribution >= 4 is 49.2 Å². The van der Waals surface area contributed by atoms with Gasteiger partial charge < -0.3 is 10.3 Å². The molecule has 22 heavy (non-hydrogen) atoms. The van der Waals surface area contributed by atoms with Gasteiger partial charge in [0.1, 0.15) is 0 Å². The Hall–Kier alpha value is -2.14. The zero-order chi connectivity index (χ0) is 15.9. The van der Waals surface area contributed by atoms with Crippen LogP contribution in [-0.2, 0) is 4.79 Å². The van der Waals surface area contributed by atoms with E-state index in [0.29, 0.717) is 5.39 Å². The first-order chi connectivity index (χ1) is 10.5. The Labute approximate surface area is 135 Å². The Morgan fingerprint density at radius 3 is 2.55 bits per heavy atom. The third kappa shape index (κ3) is 2.52. The molecule has 1 atom stereocenters. The fourth-order valence-electron chi connectivity index (χ4n) is 2.51. The van der Waals surface area contributed by atoms with Gasteiger partial charge in [-0.15, -0.1) is 0 Å². The van der Waals surface area contributed by atoms with Gasteiger partial charge in [0.15, 0.2) is 0 Å². The van der Waals surface area contributed by atoms with Gasteiger partial charge in [-0.3, -0.25) is 9.59 Å². The Morgan fingerprint density at radius 2 is 1.86 bits per heavy atom. The molecular formula is C17H15BrN2O2. The van der Waals surface area contributed by atoms with Gasteiger partial charge in [-0.25, -0.2) is 0 Å². The molecule has 3 rings (SSSR count). The molecule has 112 valence electrons. The molecule has 1 amide bonds. The highest BCUT2D eigenvalue weighted by atomic mass is 79.9. The number of nitrogens with one attached hydrogen (secondary N) is 2. The van der Waals surface area contributed by atoms with Gasteiger partial charge in [-0.1, -0.05) is 34.1 Å². The summed E-state index contributed by atoms with van der Waals surface area (Å²) in [7, 11) is 0. The van der Waals surface area contributed by atoms with Crippen LogP contribution in [0.2, 0.25) is 0 Å². The van der Waals surface area contributed by atoms with Crippen molar-refractivity contribution in [2.45, 2.75) is 18.7 Å². The molecule has 0 saturated heterocycles. The number of carbonyl (C=O) groups is 1. The summed E-state index contributed by atoms with van der Waals surface area (Å²) in [6, 6.07) is 11.3. The van der Waals surface area contributed by atoms with E-state index in [0.717, 1.165) is 27.5 Å². The average Bonchev–Trinajstić information content (AvgIpc) is 2.49. The lowest BCUT2D eigenvalue weighted by Crippen LogP contribution is -2.20. The van der Waals surface area contributed by atoms with Gasteiger partial charge in [-0.2, -0.15) is 0 Å². The molecule has 5 heteroatoms. The third-order valence-electron chi connectivity index (χ3n) is 3.69. The number of aryl methyl sites for hydroxylation is 1. The summed E-state index contributed by atoms with van der Waals surface area (Å²) in [5, 5.41) is 5.34. The van der Waals surface area contributed by atoms with Crippen LogP contribution in [0.25, 0.3) is 21.7 Å². The maximum absolute atomic E-state index is 12.1. The van der Waals surface area contributed by atoms with Crippen LogP contribution in [0.1, 0.15) is 12.5 Å². The quantitative estimate of drug-likeness (QED) is 0.541. The molecule has 0 spiro atoms. The lowest BCUT2D eigenvalue weighted by atomic mass is 10.0. The molecule has 4 nitrogen and oxygen atoms in total. The number of pyridine rings is 1. The monoisotopic (exact) mass is 358 g/mol. The topological polar surface area (TPSA) is 62.0 Å². The number of amides is 1. The largest absolute Gasteiger partial charge is 0.325 e. The molecule has 0 aliphatic rings. The lowest BCUT2D eigenvalue weighted by Gasteiger charge is -2.12. The van der Waals surface area contributed by atoms with Crippen LogP contribution >= 0.6 is 15.9 Å². The first-order valence-electron chi connectivity index (χ1n) is 6.97. The number of alkyl halides is 1. The molecule has 0 aliphatic carbocycles. The molecule has 0 fully saturated rings. The number of halogens is 1. The van der Waals surface area contributed by atoms with Crippen molar-refractivity contribution in [2.24, 2.45) is 0 Å². The van der Waals surface area contributed by atoms with Crippen LogP contribution < -0.4 is 10.9 Å². The van der Waals surface area contributed by atoms with Crippen molar-refractivity contribution in [1.82, 2.24) is 4.98 Å². The second-order valence-corrected chi connectivity index (χ2v) is 6.69. The first-order valence-corrected chi connectivity index (χ1v) is 7.89. The van der Waals surface area contributed by atoms with Crippen LogP contribution in [0.5, 0.6) is 0 Å². The number of carbonyl (C=O) groups excluding carboxylic acids is 1. The van der Waals surface area contributed by atoms with Crippen molar-refractivity contribution in [2.75, 3.05) is 5.32 Å². The first kappa shape index (κ1) is 14.8. The minimum atomic E-state index is -0.269. The van der Waals surface area contributed by atoms with Gasteiger partial charge in [0.25, 0.3) is 5.56 Å². The Kier molecular flexibility index (Phi) is 3.74. The number of hydrogen-bond acceptors (Lipinski definition) is 2. The zero-order valence-corrected chi connectivity index (χ0v) is 13.8. The van der Waals surface area contributed by atoms with E-state index in [1.165, 1.54) is 0 Å². The minimum Gasteiger partial charge on any atom is -0.325 e. The molecule has 0 bridgehead atoms. The highest BCUT2D eigenvalue weighted by Crippen LogP contribution is 2.27. The summed E-state index contributed by atoms with van der Waals surface area (Å²) in [5.74, 6) is -0.101. The van der Waals surface area contributed by atoms with E-state index in [2.05, 4.69) is 26.2 Å². The van der Waals surface area contributed by atoms with Crippen molar-refractivity contribution in [3.63, 3.8) is 0 Å². The summed E-state index contributed by atoms with van der Waals surface area (Å²) in [4.78, 5) is 26.7. The maximum atomic E-state index is 12.1. The van der Waals surface area contributed by atoms with Crippen molar-refractivity contribution in [3.8, 4) is 0 Å². The highest BCUT2D eigenvalue weighted by Gasteiger charge is 2.12. The molecule has 2 N–H and O–H groups in total. The molecule has 0 saturated carbocycles. The van der Waals surface area contributed by atoms with E-state index >= 15 is 0 Å². The van der Waals surface area contributed by atoms with Gasteiger partial charge in [-0.05, 0) is 43.0 Å².